The van der Waals surface area contributed by atoms with Crippen molar-refractivity contribution in [2.45, 2.75) is 13.0 Å². The molecule has 0 amide bonds. The first-order valence-electron chi connectivity index (χ1n) is 5.87. The third-order valence-corrected chi connectivity index (χ3v) is 3.17. The fourth-order valence-electron chi connectivity index (χ4n) is 1.95. The minimum atomic E-state index is -0.0618. The molecular formula is C13H11ClN4O. The molecule has 0 fully saturated rings. The van der Waals surface area contributed by atoms with Gasteiger partial charge in [-0.05, 0) is 18.2 Å². The number of nitrogens with one attached hydrogen (secondary N) is 1. The molecule has 2 heterocycles. The van der Waals surface area contributed by atoms with Gasteiger partial charge < -0.3 is 4.98 Å². The Morgan fingerprint density at radius 2 is 2.21 bits per heavy atom. The van der Waals surface area contributed by atoms with Gasteiger partial charge in [-0.25, -0.2) is 9.97 Å². The van der Waals surface area contributed by atoms with Crippen molar-refractivity contribution < 1.29 is 0 Å². The van der Waals surface area contributed by atoms with Crippen molar-refractivity contribution in [3.05, 3.63) is 58.1 Å². The number of aryl methyl sites for hydroxylation is 2. The van der Waals surface area contributed by atoms with Crippen molar-refractivity contribution in [2.24, 2.45) is 0 Å². The number of hydrogen-bond acceptors (Lipinski definition) is 3. The molecule has 0 aliphatic rings. The van der Waals surface area contributed by atoms with E-state index in [1.54, 1.807) is 41.5 Å². The minimum Gasteiger partial charge on any atom is -0.349 e. The van der Waals surface area contributed by atoms with Crippen LogP contribution in [-0.4, -0.2) is 19.5 Å². The highest BCUT2D eigenvalue weighted by Crippen LogP contribution is 2.14. The number of hydrogen-bond donors (Lipinski definition) is 1. The van der Waals surface area contributed by atoms with Crippen molar-refractivity contribution in [3.63, 3.8) is 0 Å². The van der Waals surface area contributed by atoms with Gasteiger partial charge >= 0.3 is 0 Å². The standard InChI is InChI=1S/C13H11ClN4O/c14-9-1-2-10-11(7-9)17-8-18(13(10)19)6-3-12-15-4-5-16-12/h1-2,4-5,7-8H,3,6H2,(H,15,16). The molecule has 2 aromatic heterocycles. The van der Waals surface area contributed by atoms with Crippen LogP contribution in [0.25, 0.3) is 10.9 Å². The summed E-state index contributed by atoms with van der Waals surface area (Å²) >= 11 is 5.88. The number of H-pyrrole nitrogens is 1. The molecule has 1 N–H and O–H groups in total. The van der Waals surface area contributed by atoms with Gasteiger partial charge in [0.15, 0.2) is 0 Å². The summed E-state index contributed by atoms with van der Waals surface area (Å²) < 4.78 is 1.58. The van der Waals surface area contributed by atoms with Crippen LogP contribution in [0.3, 0.4) is 0 Å². The topological polar surface area (TPSA) is 63.6 Å². The fourth-order valence-corrected chi connectivity index (χ4v) is 2.12. The maximum Gasteiger partial charge on any atom is 0.261 e. The molecule has 0 saturated heterocycles. The lowest BCUT2D eigenvalue weighted by Crippen LogP contribution is -2.21. The minimum absolute atomic E-state index is 0.0618. The molecule has 0 saturated carbocycles. The number of aromatic amines is 1. The van der Waals surface area contributed by atoms with Gasteiger partial charge in [-0.15, -0.1) is 0 Å². The Balaban J connectivity index is 1.94. The van der Waals surface area contributed by atoms with Crippen molar-refractivity contribution in [3.8, 4) is 0 Å². The van der Waals surface area contributed by atoms with Gasteiger partial charge in [0.1, 0.15) is 5.82 Å². The molecule has 0 unspecified atom stereocenters. The van der Waals surface area contributed by atoms with Gasteiger partial charge in [0.05, 0.1) is 17.2 Å². The van der Waals surface area contributed by atoms with Crippen LogP contribution < -0.4 is 5.56 Å². The number of fused-ring (bicyclic) bond motifs is 1. The van der Waals surface area contributed by atoms with Gasteiger partial charge in [-0.2, -0.15) is 0 Å². The zero-order chi connectivity index (χ0) is 13.2. The van der Waals surface area contributed by atoms with Crippen molar-refractivity contribution in [2.75, 3.05) is 0 Å². The Kier molecular flexibility index (Phi) is 3.05. The largest absolute Gasteiger partial charge is 0.349 e. The SMILES string of the molecule is O=c1c2ccc(Cl)cc2ncn1CCc1ncc[nH]1. The fraction of sp³-hybridized carbons (Fsp3) is 0.154. The first kappa shape index (κ1) is 11.9. The molecule has 1 aromatic carbocycles. The third kappa shape index (κ3) is 2.37. The Hall–Kier alpha value is -2.14. The normalized spacial score (nSPS) is 11.0. The first-order chi connectivity index (χ1) is 9.24. The van der Waals surface area contributed by atoms with Crippen LogP contribution in [0.5, 0.6) is 0 Å². The summed E-state index contributed by atoms with van der Waals surface area (Å²) in [7, 11) is 0. The summed E-state index contributed by atoms with van der Waals surface area (Å²) in [6, 6.07) is 5.09. The molecule has 0 atom stereocenters. The van der Waals surface area contributed by atoms with Gasteiger partial charge in [0.2, 0.25) is 0 Å². The predicted molar refractivity (Wildman–Crippen MR) is 73.3 cm³/mol. The van der Waals surface area contributed by atoms with Crippen molar-refractivity contribution >= 4 is 22.5 Å². The summed E-state index contributed by atoms with van der Waals surface area (Å²) in [6.07, 6.45) is 5.66. The highest BCUT2D eigenvalue weighted by molar-refractivity contribution is 6.31. The molecule has 96 valence electrons. The van der Waals surface area contributed by atoms with E-state index in [1.165, 1.54) is 0 Å². The Morgan fingerprint density at radius 1 is 1.32 bits per heavy atom. The number of benzene rings is 1. The van der Waals surface area contributed by atoms with Crippen LogP contribution >= 0.6 is 11.6 Å². The number of imidazole rings is 1. The Labute approximate surface area is 113 Å². The van der Waals surface area contributed by atoms with Crippen LogP contribution in [0.2, 0.25) is 5.02 Å². The molecule has 5 nitrogen and oxygen atoms in total. The van der Waals surface area contributed by atoms with E-state index < -0.39 is 0 Å². The second-order valence-corrected chi connectivity index (χ2v) is 4.63. The average Bonchev–Trinajstić information content (AvgIpc) is 2.91. The number of halogens is 1. The molecule has 0 radical (unpaired) electrons. The lowest BCUT2D eigenvalue weighted by molar-refractivity contribution is 0.647. The molecule has 19 heavy (non-hydrogen) atoms. The molecule has 6 heteroatoms. The zero-order valence-corrected chi connectivity index (χ0v) is 10.8. The summed E-state index contributed by atoms with van der Waals surface area (Å²) in [5.74, 6) is 0.850. The van der Waals surface area contributed by atoms with Crippen LogP contribution in [0.4, 0.5) is 0 Å². The molecule has 0 spiro atoms. The van der Waals surface area contributed by atoms with E-state index in [1.807, 2.05) is 0 Å². The van der Waals surface area contributed by atoms with Gasteiger partial charge in [0.25, 0.3) is 5.56 Å². The third-order valence-electron chi connectivity index (χ3n) is 2.93. The van der Waals surface area contributed by atoms with Gasteiger partial charge in [-0.1, -0.05) is 11.6 Å². The highest BCUT2D eigenvalue weighted by Gasteiger charge is 2.05. The molecule has 0 aliphatic carbocycles. The molecular weight excluding hydrogens is 264 g/mol. The number of aromatic nitrogens is 4. The highest BCUT2D eigenvalue weighted by atomic mass is 35.5. The van der Waals surface area contributed by atoms with E-state index in [-0.39, 0.29) is 5.56 Å². The lowest BCUT2D eigenvalue weighted by Gasteiger charge is -2.05. The summed E-state index contributed by atoms with van der Waals surface area (Å²) in [5.41, 5.74) is 0.556. The Bertz CT molecular complexity index is 764. The summed E-state index contributed by atoms with van der Waals surface area (Å²) in [4.78, 5) is 23.6. The van der Waals surface area contributed by atoms with Crippen LogP contribution in [-0.2, 0) is 13.0 Å². The maximum atomic E-state index is 12.2. The van der Waals surface area contributed by atoms with Crippen LogP contribution in [0.15, 0.2) is 41.7 Å². The molecule has 0 aliphatic heterocycles. The quantitative estimate of drug-likeness (QED) is 0.795. The maximum absolute atomic E-state index is 12.2. The molecule has 3 rings (SSSR count). The van der Waals surface area contributed by atoms with Crippen molar-refractivity contribution in [1.82, 2.24) is 19.5 Å². The van der Waals surface area contributed by atoms with Crippen molar-refractivity contribution in [1.29, 1.82) is 0 Å². The second kappa shape index (κ2) is 4.85. The molecule has 3 aromatic rings. The number of nitrogens with zero attached hydrogens (tertiary/aromatic N) is 3. The molecule has 0 bridgehead atoms. The van der Waals surface area contributed by atoms with Gasteiger partial charge in [-0.3, -0.25) is 9.36 Å². The van der Waals surface area contributed by atoms with E-state index in [0.29, 0.717) is 28.9 Å². The predicted octanol–water partition coefficient (Wildman–Crippen LogP) is 2.02. The van der Waals surface area contributed by atoms with Gasteiger partial charge in [0, 0.05) is 30.4 Å². The van der Waals surface area contributed by atoms with Crippen LogP contribution in [0, 0.1) is 0 Å². The van der Waals surface area contributed by atoms with E-state index in [0.717, 1.165) is 5.82 Å². The Morgan fingerprint density at radius 3 is 3.00 bits per heavy atom. The zero-order valence-electron chi connectivity index (χ0n) is 10.0. The summed E-state index contributed by atoms with van der Waals surface area (Å²) in [6.45, 7) is 0.540. The summed E-state index contributed by atoms with van der Waals surface area (Å²) in [5, 5.41) is 1.15. The van der Waals surface area contributed by atoms with E-state index in [9.17, 15) is 4.79 Å². The smallest absolute Gasteiger partial charge is 0.261 e. The second-order valence-electron chi connectivity index (χ2n) is 4.19. The first-order valence-corrected chi connectivity index (χ1v) is 6.25. The van der Waals surface area contributed by atoms with E-state index in [4.69, 9.17) is 11.6 Å². The van der Waals surface area contributed by atoms with E-state index in [2.05, 4.69) is 15.0 Å². The average molecular weight is 275 g/mol. The van der Waals surface area contributed by atoms with E-state index >= 15 is 0 Å². The lowest BCUT2D eigenvalue weighted by atomic mass is 10.2. The van der Waals surface area contributed by atoms with Crippen LogP contribution in [0.1, 0.15) is 5.82 Å². The monoisotopic (exact) mass is 274 g/mol. The number of rotatable bonds is 3.